The lowest BCUT2D eigenvalue weighted by atomic mass is 10.0. The SMILES string of the molecule is CCC(=O)CC(=O)c1ccccc1OC. The van der Waals surface area contributed by atoms with Gasteiger partial charge in [0.2, 0.25) is 0 Å². The summed E-state index contributed by atoms with van der Waals surface area (Å²) in [6, 6.07) is 6.93. The fourth-order valence-electron chi connectivity index (χ4n) is 1.27. The van der Waals surface area contributed by atoms with Crippen LogP contribution in [0.1, 0.15) is 30.1 Å². The molecular weight excluding hydrogens is 192 g/mol. The number of benzene rings is 1. The number of ketones is 2. The van der Waals surface area contributed by atoms with E-state index in [4.69, 9.17) is 4.74 Å². The molecule has 0 aromatic heterocycles. The van der Waals surface area contributed by atoms with Gasteiger partial charge in [-0.25, -0.2) is 0 Å². The van der Waals surface area contributed by atoms with E-state index >= 15 is 0 Å². The van der Waals surface area contributed by atoms with E-state index in [0.29, 0.717) is 17.7 Å². The van der Waals surface area contributed by atoms with Crippen molar-refractivity contribution in [1.29, 1.82) is 0 Å². The highest BCUT2D eigenvalue weighted by Crippen LogP contribution is 2.19. The smallest absolute Gasteiger partial charge is 0.173 e. The van der Waals surface area contributed by atoms with Gasteiger partial charge in [-0.1, -0.05) is 19.1 Å². The lowest BCUT2D eigenvalue weighted by Gasteiger charge is -2.05. The van der Waals surface area contributed by atoms with Crippen molar-refractivity contribution >= 4 is 11.6 Å². The Morgan fingerprint density at radius 1 is 1.27 bits per heavy atom. The maximum atomic E-state index is 11.7. The van der Waals surface area contributed by atoms with Gasteiger partial charge in [-0.05, 0) is 12.1 Å². The molecule has 0 unspecified atom stereocenters. The average molecular weight is 206 g/mol. The van der Waals surface area contributed by atoms with Crippen LogP contribution < -0.4 is 4.74 Å². The van der Waals surface area contributed by atoms with E-state index < -0.39 is 0 Å². The fraction of sp³-hybridized carbons (Fsp3) is 0.333. The number of hydrogen-bond donors (Lipinski definition) is 0. The third-order valence-electron chi connectivity index (χ3n) is 2.16. The van der Waals surface area contributed by atoms with Gasteiger partial charge >= 0.3 is 0 Å². The van der Waals surface area contributed by atoms with Crippen LogP contribution in [0.3, 0.4) is 0 Å². The Balaban J connectivity index is 2.86. The van der Waals surface area contributed by atoms with E-state index in [9.17, 15) is 9.59 Å². The second-order valence-electron chi connectivity index (χ2n) is 3.19. The molecule has 0 saturated carbocycles. The Kier molecular flexibility index (Phi) is 4.03. The van der Waals surface area contributed by atoms with Crippen molar-refractivity contribution in [2.75, 3.05) is 7.11 Å². The van der Waals surface area contributed by atoms with Crippen LogP contribution in [-0.4, -0.2) is 18.7 Å². The predicted octanol–water partition coefficient (Wildman–Crippen LogP) is 2.25. The number of ether oxygens (including phenoxy) is 1. The summed E-state index contributed by atoms with van der Waals surface area (Å²) in [7, 11) is 1.51. The zero-order valence-electron chi connectivity index (χ0n) is 8.95. The van der Waals surface area contributed by atoms with Gasteiger partial charge < -0.3 is 4.74 Å². The van der Waals surface area contributed by atoms with Crippen LogP contribution in [0.5, 0.6) is 5.75 Å². The summed E-state index contributed by atoms with van der Waals surface area (Å²) >= 11 is 0. The number of para-hydroxylation sites is 1. The highest BCUT2D eigenvalue weighted by Gasteiger charge is 2.14. The van der Waals surface area contributed by atoms with E-state index in [0.717, 1.165) is 0 Å². The van der Waals surface area contributed by atoms with Gasteiger partial charge in [0.25, 0.3) is 0 Å². The number of methoxy groups -OCH3 is 1. The molecule has 0 fully saturated rings. The van der Waals surface area contributed by atoms with Crippen LogP contribution >= 0.6 is 0 Å². The monoisotopic (exact) mass is 206 g/mol. The van der Waals surface area contributed by atoms with Gasteiger partial charge in [-0.15, -0.1) is 0 Å². The van der Waals surface area contributed by atoms with E-state index in [1.54, 1.807) is 31.2 Å². The molecule has 0 aliphatic rings. The fourth-order valence-corrected chi connectivity index (χ4v) is 1.27. The molecule has 0 saturated heterocycles. The van der Waals surface area contributed by atoms with E-state index in [2.05, 4.69) is 0 Å². The van der Waals surface area contributed by atoms with Crippen molar-refractivity contribution in [2.24, 2.45) is 0 Å². The molecule has 0 radical (unpaired) electrons. The van der Waals surface area contributed by atoms with Gasteiger partial charge in [0, 0.05) is 6.42 Å². The minimum atomic E-state index is -0.181. The molecular formula is C12H14O3. The van der Waals surface area contributed by atoms with E-state index in [1.165, 1.54) is 7.11 Å². The number of hydrogen-bond acceptors (Lipinski definition) is 3. The average Bonchev–Trinajstić information content (AvgIpc) is 2.28. The van der Waals surface area contributed by atoms with Crippen molar-refractivity contribution < 1.29 is 14.3 Å². The zero-order chi connectivity index (χ0) is 11.3. The van der Waals surface area contributed by atoms with Crippen molar-refractivity contribution in [3.63, 3.8) is 0 Å². The first-order valence-electron chi connectivity index (χ1n) is 4.87. The Labute approximate surface area is 89.1 Å². The van der Waals surface area contributed by atoms with Gasteiger partial charge in [-0.2, -0.15) is 0 Å². The third-order valence-corrected chi connectivity index (χ3v) is 2.16. The van der Waals surface area contributed by atoms with E-state index in [-0.39, 0.29) is 18.0 Å². The molecule has 1 aromatic carbocycles. The van der Waals surface area contributed by atoms with Crippen LogP contribution in [-0.2, 0) is 4.79 Å². The molecule has 0 atom stereocenters. The maximum Gasteiger partial charge on any atom is 0.173 e. The Bertz CT molecular complexity index is 369. The van der Waals surface area contributed by atoms with Crippen LogP contribution in [0, 0.1) is 0 Å². The van der Waals surface area contributed by atoms with Gasteiger partial charge in [0.05, 0.1) is 19.1 Å². The zero-order valence-corrected chi connectivity index (χ0v) is 8.95. The molecule has 3 nitrogen and oxygen atoms in total. The van der Waals surface area contributed by atoms with Gasteiger partial charge in [-0.3, -0.25) is 9.59 Å². The first-order chi connectivity index (χ1) is 7.19. The van der Waals surface area contributed by atoms with Crippen LogP contribution in [0.4, 0.5) is 0 Å². The normalized spacial score (nSPS) is 9.73. The number of rotatable bonds is 5. The van der Waals surface area contributed by atoms with Crippen molar-refractivity contribution in [2.45, 2.75) is 19.8 Å². The third kappa shape index (κ3) is 2.91. The molecule has 0 amide bonds. The molecule has 0 aliphatic heterocycles. The highest BCUT2D eigenvalue weighted by atomic mass is 16.5. The molecule has 1 rings (SSSR count). The Morgan fingerprint density at radius 3 is 2.53 bits per heavy atom. The lowest BCUT2D eigenvalue weighted by molar-refractivity contribution is -0.117. The van der Waals surface area contributed by atoms with E-state index in [1.807, 2.05) is 0 Å². The van der Waals surface area contributed by atoms with Crippen LogP contribution in [0.25, 0.3) is 0 Å². The maximum absolute atomic E-state index is 11.7. The minimum absolute atomic E-state index is 0.0448. The first kappa shape index (κ1) is 11.4. The van der Waals surface area contributed by atoms with Crippen LogP contribution in [0.2, 0.25) is 0 Å². The second-order valence-corrected chi connectivity index (χ2v) is 3.19. The van der Waals surface area contributed by atoms with Crippen molar-refractivity contribution in [3.8, 4) is 5.75 Å². The lowest BCUT2D eigenvalue weighted by Crippen LogP contribution is -2.08. The van der Waals surface area contributed by atoms with Crippen LogP contribution in [0.15, 0.2) is 24.3 Å². The number of Topliss-reactive ketones (excluding diaryl/α,β-unsaturated/α-hetero) is 2. The molecule has 0 heterocycles. The molecule has 80 valence electrons. The summed E-state index contributed by atoms with van der Waals surface area (Å²) in [6.45, 7) is 1.75. The second kappa shape index (κ2) is 5.29. The van der Waals surface area contributed by atoms with Crippen molar-refractivity contribution in [1.82, 2.24) is 0 Å². The standard InChI is InChI=1S/C12H14O3/c1-3-9(13)8-11(14)10-6-4-5-7-12(10)15-2/h4-7H,3,8H2,1-2H3. The Hall–Kier alpha value is -1.64. The molecule has 15 heavy (non-hydrogen) atoms. The minimum Gasteiger partial charge on any atom is -0.496 e. The predicted molar refractivity (Wildman–Crippen MR) is 57.2 cm³/mol. The molecule has 0 N–H and O–H groups in total. The summed E-state index contributed by atoms with van der Waals surface area (Å²) in [5, 5.41) is 0. The van der Waals surface area contributed by atoms with Gasteiger partial charge in [0.15, 0.2) is 5.78 Å². The van der Waals surface area contributed by atoms with Gasteiger partial charge in [0.1, 0.15) is 11.5 Å². The summed E-state index contributed by atoms with van der Waals surface area (Å²) < 4.78 is 5.05. The summed E-state index contributed by atoms with van der Waals surface area (Å²) in [5.41, 5.74) is 0.474. The Morgan fingerprint density at radius 2 is 1.93 bits per heavy atom. The topological polar surface area (TPSA) is 43.4 Å². The van der Waals surface area contributed by atoms with Crippen molar-refractivity contribution in [3.05, 3.63) is 29.8 Å². The number of carbonyl (C=O) groups is 2. The first-order valence-corrected chi connectivity index (χ1v) is 4.87. The highest BCUT2D eigenvalue weighted by molar-refractivity contribution is 6.09. The number of carbonyl (C=O) groups excluding carboxylic acids is 2. The molecule has 0 bridgehead atoms. The molecule has 1 aromatic rings. The quantitative estimate of drug-likeness (QED) is 0.548. The summed E-state index contributed by atoms with van der Waals surface area (Å²) in [4.78, 5) is 22.8. The molecule has 0 aliphatic carbocycles. The summed E-state index contributed by atoms with van der Waals surface area (Å²) in [5.74, 6) is 0.289. The summed E-state index contributed by atoms with van der Waals surface area (Å²) in [6.07, 6.45) is 0.345. The molecule has 0 spiro atoms. The largest absolute Gasteiger partial charge is 0.496 e. The molecule has 3 heteroatoms.